The minimum atomic E-state index is -0.569. The molecular formula is C32H40ClN7O4S. The number of amides is 3. The Morgan fingerprint density at radius 2 is 1.64 bits per heavy atom. The van der Waals surface area contributed by atoms with Crippen molar-refractivity contribution in [1.29, 1.82) is 0 Å². The summed E-state index contributed by atoms with van der Waals surface area (Å²) in [5, 5.41) is 13.2. The summed E-state index contributed by atoms with van der Waals surface area (Å²) >= 11 is 7.89. The van der Waals surface area contributed by atoms with E-state index in [1.165, 1.54) is 4.88 Å². The zero-order chi connectivity index (χ0) is 32.5. The third-order valence-corrected chi connectivity index (χ3v) is 9.39. The van der Waals surface area contributed by atoms with E-state index in [9.17, 15) is 14.4 Å². The molecule has 3 aromatic rings. The lowest BCUT2D eigenvalue weighted by molar-refractivity contribution is -0.139. The maximum atomic E-state index is 13.7. The molecule has 2 aromatic heterocycles. The molecule has 2 aliphatic heterocycles. The van der Waals surface area contributed by atoms with Crippen molar-refractivity contribution < 1.29 is 19.1 Å². The van der Waals surface area contributed by atoms with E-state index >= 15 is 0 Å². The highest BCUT2D eigenvalue weighted by Gasteiger charge is 2.34. The van der Waals surface area contributed by atoms with Crippen molar-refractivity contribution in [2.24, 2.45) is 4.99 Å². The molecule has 0 saturated carbocycles. The van der Waals surface area contributed by atoms with Crippen LogP contribution in [0, 0.1) is 20.8 Å². The van der Waals surface area contributed by atoms with Crippen molar-refractivity contribution in [3.63, 3.8) is 0 Å². The number of alkyl carbamates (subject to hydrolysis) is 1. The number of benzene rings is 1. The SMILES string of the molecule is Cc1sc2c(c1C)C(c1ccc(Cl)cc1)=N[C@@H](CC(=O)N1CCN(C(=O)CCCNC(=O)OC(C)(C)C)CC1)c1nnc(C)n1-2. The van der Waals surface area contributed by atoms with Gasteiger partial charge in [-0.05, 0) is 65.7 Å². The van der Waals surface area contributed by atoms with Gasteiger partial charge in [-0.1, -0.05) is 23.7 Å². The lowest BCUT2D eigenvalue weighted by Crippen LogP contribution is -2.50. The summed E-state index contributed by atoms with van der Waals surface area (Å²) < 4.78 is 7.27. The van der Waals surface area contributed by atoms with Gasteiger partial charge in [0.05, 0.1) is 12.1 Å². The highest BCUT2D eigenvalue weighted by atomic mass is 35.5. The van der Waals surface area contributed by atoms with Crippen molar-refractivity contribution in [2.45, 2.75) is 72.4 Å². The fourth-order valence-electron chi connectivity index (χ4n) is 5.53. The number of thiophene rings is 1. The van der Waals surface area contributed by atoms with E-state index in [0.717, 1.165) is 33.2 Å². The van der Waals surface area contributed by atoms with E-state index in [-0.39, 0.29) is 18.2 Å². The van der Waals surface area contributed by atoms with Crippen LogP contribution < -0.4 is 5.32 Å². The number of aryl methyl sites for hydroxylation is 2. The summed E-state index contributed by atoms with van der Waals surface area (Å²) in [7, 11) is 0. The van der Waals surface area contributed by atoms with Crippen LogP contribution in [0.15, 0.2) is 29.3 Å². The van der Waals surface area contributed by atoms with Crippen LogP contribution in [-0.2, 0) is 14.3 Å². The summed E-state index contributed by atoms with van der Waals surface area (Å²) in [5.41, 5.74) is 3.32. The molecule has 1 fully saturated rings. The van der Waals surface area contributed by atoms with Crippen LogP contribution in [0.25, 0.3) is 5.00 Å². The average Bonchev–Trinajstić information content (AvgIpc) is 3.46. The molecule has 45 heavy (non-hydrogen) atoms. The zero-order valence-corrected chi connectivity index (χ0v) is 28.2. The fraction of sp³-hybridized carbons (Fsp3) is 0.500. The average molecular weight is 654 g/mol. The highest BCUT2D eigenvalue weighted by molar-refractivity contribution is 7.15. The van der Waals surface area contributed by atoms with Crippen LogP contribution in [0.5, 0.6) is 0 Å². The zero-order valence-electron chi connectivity index (χ0n) is 26.6. The van der Waals surface area contributed by atoms with Crippen molar-refractivity contribution in [1.82, 2.24) is 29.9 Å². The Labute approximate surface area is 272 Å². The maximum Gasteiger partial charge on any atom is 0.407 e. The van der Waals surface area contributed by atoms with Gasteiger partial charge in [0.2, 0.25) is 11.8 Å². The molecule has 0 bridgehead atoms. The van der Waals surface area contributed by atoms with Gasteiger partial charge < -0.3 is 19.9 Å². The molecule has 13 heteroatoms. The van der Waals surface area contributed by atoms with Crippen molar-refractivity contribution in [2.75, 3.05) is 32.7 Å². The standard InChI is InChI=1S/C32H40ClN7O4S/c1-19-20(2)45-30-27(19)28(22-9-11-23(33)12-10-22)35-24(29-37-36-21(3)40(29)30)18-26(42)39-16-14-38(15-17-39)25(41)8-7-13-34-31(43)44-32(4,5)6/h9-12,24H,7-8,13-18H2,1-6H3,(H,34,43)/t24-/m0/s1. The number of fused-ring (bicyclic) bond motifs is 3. The van der Waals surface area contributed by atoms with Gasteiger partial charge in [0.15, 0.2) is 5.82 Å². The molecular weight excluding hydrogens is 614 g/mol. The Hall–Kier alpha value is -3.77. The Kier molecular flexibility index (Phi) is 9.64. The van der Waals surface area contributed by atoms with Gasteiger partial charge >= 0.3 is 6.09 Å². The number of carbonyl (C=O) groups is 3. The summed E-state index contributed by atoms with van der Waals surface area (Å²) in [6.45, 7) is 13.7. The highest BCUT2D eigenvalue weighted by Crippen LogP contribution is 2.39. The number of carbonyl (C=O) groups excluding carboxylic acids is 3. The smallest absolute Gasteiger partial charge is 0.407 e. The molecule has 0 unspecified atom stereocenters. The number of nitrogens with one attached hydrogen (secondary N) is 1. The first-order valence-corrected chi connectivity index (χ1v) is 16.4. The topological polar surface area (TPSA) is 122 Å². The molecule has 4 heterocycles. The number of aromatic nitrogens is 3. The summed E-state index contributed by atoms with van der Waals surface area (Å²) in [4.78, 5) is 48.3. The van der Waals surface area contributed by atoms with E-state index in [1.54, 1.807) is 41.9 Å². The third kappa shape index (κ3) is 7.38. The summed E-state index contributed by atoms with van der Waals surface area (Å²) in [6.07, 6.45) is 0.463. The lowest BCUT2D eigenvalue weighted by atomic mass is 9.99. The first kappa shape index (κ1) is 32.6. The van der Waals surface area contributed by atoms with Gasteiger partial charge in [-0.2, -0.15) is 0 Å². The molecule has 0 spiro atoms. The Morgan fingerprint density at radius 3 is 2.29 bits per heavy atom. The predicted molar refractivity (Wildman–Crippen MR) is 175 cm³/mol. The molecule has 3 amide bonds. The molecule has 1 aromatic carbocycles. The second-order valence-electron chi connectivity index (χ2n) is 12.4. The minimum Gasteiger partial charge on any atom is -0.444 e. The minimum absolute atomic E-state index is 0.00875. The summed E-state index contributed by atoms with van der Waals surface area (Å²) in [6, 6.07) is 7.07. The van der Waals surface area contributed by atoms with Crippen LogP contribution in [-0.4, -0.2) is 86.5 Å². The van der Waals surface area contributed by atoms with E-state index in [2.05, 4.69) is 29.4 Å². The Bertz CT molecular complexity index is 1610. The molecule has 0 radical (unpaired) electrons. The quantitative estimate of drug-likeness (QED) is 0.352. The number of aliphatic imine (C=N–C) groups is 1. The van der Waals surface area contributed by atoms with Crippen molar-refractivity contribution in [3.05, 3.63) is 62.5 Å². The Morgan fingerprint density at radius 1 is 1.00 bits per heavy atom. The van der Waals surface area contributed by atoms with Crippen molar-refractivity contribution in [3.8, 4) is 5.00 Å². The van der Waals surface area contributed by atoms with Gasteiger partial charge in [0.25, 0.3) is 0 Å². The molecule has 2 aliphatic rings. The van der Waals surface area contributed by atoms with Crippen LogP contribution in [0.4, 0.5) is 4.79 Å². The first-order chi connectivity index (χ1) is 21.3. The van der Waals surface area contributed by atoms with E-state index in [4.69, 9.17) is 21.3 Å². The normalized spacial score (nSPS) is 16.4. The molecule has 240 valence electrons. The van der Waals surface area contributed by atoms with Crippen molar-refractivity contribution >= 4 is 46.6 Å². The lowest BCUT2D eigenvalue weighted by Gasteiger charge is -2.35. The van der Waals surface area contributed by atoms with Crippen LogP contribution in [0.3, 0.4) is 0 Å². The van der Waals surface area contributed by atoms with E-state index in [1.807, 2.05) is 35.8 Å². The van der Waals surface area contributed by atoms with Gasteiger partial charge in [0, 0.05) is 60.2 Å². The monoisotopic (exact) mass is 653 g/mol. The molecule has 1 atom stereocenters. The van der Waals surface area contributed by atoms with Gasteiger partial charge in [-0.25, -0.2) is 4.79 Å². The number of hydrogen-bond donors (Lipinski definition) is 1. The van der Waals surface area contributed by atoms with E-state index in [0.29, 0.717) is 56.4 Å². The number of ether oxygens (including phenoxy) is 1. The second kappa shape index (κ2) is 13.3. The molecule has 11 nitrogen and oxygen atoms in total. The number of halogens is 1. The van der Waals surface area contributed by atoms with Crippen LogP contribution >= 0.6 is 22.9 Å². The van der Waals surface area contributed by atoms with Crippen LogP contribution in [0.2, 0.25) is 5.02 Å². The van der Waals surface area contributed by atoms with Gasteiger partial charge in [0.1, 0.15) is 22.5 Å². The Balaban J connectivity index is 1.26. The number of nitrogens with zero attached hydrogens (tertiary/aromatic N) is 6. The molecule has 0 aliphatic carbocycles. The maximum absolute atomic E-state index is 13.7. The number of rotatable bonds is 7. The summed E-state index contributed by atoms with van der Waals surface area (Å²) in [5.74, 6) is 1.35. The van der Waals surface area contributed by atoms with E-state index < -0.39 is 17.7 Å². The number of hydrogen-bond acceptors (Lipinski definition) is 8. The third-order valence-electron chi connectivity index (χ3n) is 7.95. The second-order valence-corrected chi connectivity index (χ2v) is 14.0. The molecule has 5 rings (SSSR count). The van der Waals surface area contributed by atoms with Gasteiger partial charge in [-0.3, -0.25) is 19.1 Å². The number of piperazine rings is 1. The van der Waals surface area contributed by atoms with Gasteiger partial charge in [-0.15, -0.1) is 21.5 Å². The predicted octanol–water partition coefficient (Wildman–Crippen LogP) is 5.17. The largest absolute Gasteiger partial charge is 0.444 e. The molecule has 1 saturated heterocycles. The van der Waals surface area contributed by atoms with Crippen LogP contribution in [0.1, 0.15) is 79.3 Å². The fourth-order valence-corrected chi connectivity index (χ4v) is 6.87. The molecule has 1 N–H and O–H groups in total. The first-order valence-electron chi connectivity index (χ1n) is 15.2.